The standard InChI is InChI=1S/C7H10N6O3S/c1-11-13-3-2-4(17(14,15)16)6(9)7(12-10)5(3)8/h2,10H,8-9H2,1H3,(H,14,15,16)/i/hD. The van der Waals surface area contributed by atoms with Gasteiger partial charge in [-0.2, -0.15) is 23.8 Å². The van der Waals surface area contributed by atoms with Gasteiger partial charge in [-0.15, -0.1) is 0 Å². The molecular weight excluding hydrogens is 248 g/mol. The minimum atomic E-state index is -4.58. The lowest BCUT2D eigenvalue weighted by Crippen LogP contribution is -2.04. The van der Waals surface area contributed by atoms with Gasteiger partial charge in [-0.05, 0) is 6.07 Å². The van der Waals surface area contributed by atoms with E-state index in [2.05, 4.69) is 20.9 Å². The zero-order chi connectivity index (χ0) is 13.9. The monoisotopic (exact) mass is 259 g/mol. The fraction of sp³-hybridized carbons (Fsp3) is 0.143. The lowest BCUT2D eigenvalue weighted by atomic mass is 10.2. The second-order valence-corrected chi connectivity index (χ2v) is 4.33. The summed E-state index contributed by atoms with van der Waals surface area (Å²) in [6.07, 6.45) is 0. The number of nitrogen functional groups attached to an aromatic ring is 2. The van der Waals surface area contributed by atoms with Gasteiger partial charge in [0, 0.05) is 7.05 Å². The number of hydrogen-bond donors (Lipinski definition) is 4. The number of hydrogen-bond acceptors (Lipinski definition) is 8. The molecule has 0 bridgehead atoms. The van der Waals surface area contributed by atoms with Crippen molar-refractivity contribution in [3.05, 3.63) is 6.07 Å². The lowest BCUT2D eigenvalue weighted by Gasteiger charge is -2.09. The summed E-state index contributed by atoms with van der Waals surface area (Å²) in [6, 6.07) is 0.954. The Balaban J connectivity index is 3.77. The Labute approximate surface area is 98.3 Å². The fourth-order valence-corrected chi connectivity index (χ4v) is 1.81. The summed E-state index contributed by atoms with van der Waals surface area (Å²) in [5.41, 5.74) is 13.0. The summed E-state index contributed by atoms with van der Waals surface area (Å²) in [7, 11) is -3.24. The summed E-state index contributed by atoms with van der Waals surface area (Å²) in [6.45, 7) is 0. The third-order valence-corrected chi connectivity index (χ3v) is 2.80. The van der Waals surface area contributed by atoms with Gasteiger partial charge in [0.25, 0.3) is 10.1 Å². The number of benzene rings is 1. The van der Waals surface area contributed by atoms with E-state index in [9.17, 15) is 8.42 Å². The first-order valence-electron chi connectivity index (χ1n) is 4.62. The van der Waals surface area contributed by atoms with Crippen LogP contribution in [0.25, 0.3) is 0 Å². The Morgan fingerprint density at radius 3 is 2.59 bits per heavy atom. The van der Waals surface area contributed by atoms with Gasteiger partial charge in [-0.1, -0.05) is 0 Å². The molecule has 0 fully saturated rings. The van der Waals surface area contributed by atoms with E-state index in [0.717, 1.165) is 6.07 Å². The highest BCUT2D eigenvalue weighted by molar-refractivity contribution is 7.86. The molecule has 0 aromatic heterocycles. The van der Waals surface area contributed by atoms with Crippen LogP contribution in [0.2, 0.25) is 1.41 Å². The van der Waals surface area contributed by atoms with Crippen LogP contribution in [0.3, 0.4) is 0 Å². The molecule has 0 aliphatic rings. The van der Waals surface area contributed by atoms with Gasteiger partial charge >= 0.3 is 0 Å². The molecule has 0 saturated carbocycles. The highest BCUT2D eigenvalue weighted by Gasteiger charge is 2.21. The van der Waals surface area contributed by atoms with Crippen molar-refractivity contribution in [2.75, 3.05) is 18.5 Å². The second kappa shape index (κ2) is 4.43. The van der Waals surface area contributed by atoms with Crippen LogP contribution in [0.1, 0.15) is 0 Å². The van der Waals surface area contributed by atoms with E-state index in [4.69, 9.17) is 17.4 Å². The maximum atomic E-state index is 11.1. The molecule has 0 aliphatic carbocycles. The Kier molecular flexibility index (Phi) is 2.97. The van der Waals surface area contributed by atoms with Gasteiger partial charge in [0.1, 0.15) is 16.3 Å². The molecule has 0 aliphatic heterocycles. The largest absolute Gasteiger partial charge is 0.396 e. The third kappa shape index (κ3) is 2.37. The lowest BCUT2D eigenvalue weighted by molar-refractivity contribution is 0.483. The minimum Gasteiger partial charge on any atom is -0.396 e. The number of azo groups is 1. The van der Waals surface area contributed by atoms with Gasteiger partial charge < -0.3 is 11.5 Å². The molecule has 10 heteroatoms. The molecule has 1 rings (SSSR count). The quantitative estimate of drug-likeness (QED) is 0.365. The molecule has 92 valence electrons. The summed E-state index contributed by atoms with van der Waals surface area (Å²) < 4.78 is 37.9. The number of nitrogens with one attached hydrogen (secondary N) is 1. The highest BCUT2D eigenvalue weighted by atomic mass is 32.2. The van der Waals surface area contributed by atoms with Gasteiger partial charge in [-0.25, -0.2) is 5.52 Å². The van der Waals surface area contributed by atoms with Crippen LogP contribution in [0.15, 0.2) is 26.3 Å². The molecule has 0 unspecified atom stereocenters. The number of nitrogens with zero attached hydrogens (tertiary/aromatic N) is 3. The number of nitrogens with two attached hydrogens (primary N) is 2. The van der Waals surface area contributed by atoms with Crippen molar-refractivity contribution < 1.29 is 14.4 Å². The van der Waals surface area contributed by atoms with Gasteiger partial charge in [0.05, 0.1) is 11.4 Å². The fourth-order valence-electron chi connectivity index (χ4n) is 1.17. The Morgan fingerprint density at radius 1 is 1.47 bits per heavy atom. The predicted octanol–water partition coefficient (Wildman–Crippen LogP) is 1.47. The average molecular weight is 259 g/mol. The van der Waals surface area contributed by atoms with Crippen molar-refractivity contribution in [1.82, 2.24) is 0 Å². The van der Waals surface area contributed by atoms with E-state index < -0.39 is 20.7 Å². The van der Waals surface area contributed by atoms with E-state index >= 15 is 0 Å². The van der Waals surface area contributed by atoms with Gasteiger partial charge in [0.15, 0.2) is 0 Å². The first-order chi connectivity index (χ1) is 8.32. The maximum absolute atomic E-state index is 11.1. The highest BCUT2D eigenvalue weighted by Crippen LogP contribution is 2.41. The van der Waals surface area contributed by atoms with Crippen LogP contribution in [-0.2, 0) is 10.1 Å². The first kappa shape index (κ1) is 11.4. The molecule has 0 heterocycles. The van der Waals surface area contributed by atoms with E-state index in [-0.39, 0.29) is 17.1 Å². The molecule has 0 saturated heterocycles. The van der Waals surface area contributed by atoms with E-state index in [1.807, 2.05) is 0 Å². The molecule has 0 amide bonds. The van der Waals surface area contributed by atoms with Crippen LogP contribution in [0.4, 0.5) is 22.7 Å². The molecule has 9 nitrogen and oxygen atoms in total. The van der Waals surface area contributed by atoms with E-state index in [0.29, 0.717) is 0 Å². The Hall–Kier alpha value is -2.07. The summed E-state index contributed by atoms with van der Waals surface area (Å²) in [5, 5.41) is 10.3. The Morgan fingerprint density at radius 2 is 2.12 bits per heavy atom. The number of rotatable bonds is 3. The van der Waals surface area contributed by atoms with E-state index in [1.165, 1.54) is 7.05 Å². The van der Waals surface area contributed by atoms with Crippen molar-refractivity contribution in [3.63, 3.8) is 0 Å². The molecule has 0 atom stereocenters. The van der Waals surface area contributed by atoms with Crippen molar-refractivity contribution in [1.29, 1.82) is 5.52 Å². The first-order valence-corrected chi connectivity index (χ1v) is 5.61. The van der Waals surface area contributed by atoms with Crippen LogP contribution < -0.4 is 11.5 Å². The molecule has 0 radical (unpaired) electrons. The van der Waals surface area contributed by atoms with Crippen molar-refractivity contribution in [3.8, 4) is 0 Å². The maximum Gasteiger partial charge on any atom is 0.296 e. The smallest absolute Gasteiger partial charge is 0.296 e. The zero-order valence-corrected chi connectivity index (χ0v) is 9.51. The predicted molar refractivity (Wildman–Crippen MR) is 60.3 cm³/mol. The third-order valence-electron chi connectivity index (χ3n) is 1.91. The summed E-state index contributed by atoms with van der Waals surface area (Å²) in [4.78, 5) is -0.624. The van der Waals surface area contributed by atoms with E-state index in [1.54, 1.807) is 0 Å². The Bertz CT molecular complexity index is 627. The molecule has 6 N–H and O–H groups in total. The second-order valence-electron chi connectivity index (χ2n) is 2.94. The van der Waals surface area contributed by atoms with Gasteiger partial charge in [0.2, 0.25) is 1.41 Å². The van der Waals surface area contributed by atoms with Crippen LogP contribution in [0, 0.1) is 5.52 Å². The molecule has 0 spiro atoms. The average Bonchev–Trinajstić information content (AvgIpc) is 2.26. The van der Waals surface area contributed by atoms with Gasteiger partial charge in [-0.3, -0.25) is 4.55 Å². The normalized spacial score (nSPS) is 13.4. The minimum absolute atomic E-state index is 0.0540. The topological polar surface area (TPSA) is 167 Å². The van der Waals surface area contributed by atoms with Crippen molar-refractivity contribution in [2.45, 2.75) is 4.90 Å². The summed E-state index contributed by atoms with van der Waals surface area (Å²) in [5.74, 6) is 0. The van der Waals surface area contributed by atoms with Crippen LogP contribution >= 0.6 is 0 Å². The molecule has 1 aromatic rings. The van der Waals surface area contributed by atoms with Crippen molar-refractivity contribution in [2.24, 2.45) is 15.3 Å². The molecule has 1 aromatic carbocycles. The van der Waals surface area contributed by atoms with Crippen LogP contribution in [0.5, 0.6) is 0 Å². The zero-order valence-electron chi connectivity index (χ0n) is 9.69. The summed E-state index contributed by atoms with van der Waals surface area (Å²) >= 11 is 0. The SMILES string of the molecule is [2H]N=Nc1c(N)c(N=NC)cc(S(=O)(=O)O)c1N. The molecular formula is C7H10N6O3S. The van der Waals surface area contributed by atoms with Crippen LogP contribution in [-0.4, -0.2) is 20.0 Å². The van der Waals surface area contributed by atoms with Crippen molar-refractivity contribution >= 4 is 32.9 Å². The number of anilines is 2. The molecule has 17 heavy (non-hydrogen) atoms.